The Bertz CT molecular complexity index is 658. The van der Waals surface area contributed by atoms with E-state index in [2.05, 4.69) is 5.32 Å². The van der Waals surface area contributed by atoms with Crippen LogP contribution in [0.2, 0.25) is 0 Å². The van der Waals surface area contributed by atoms with Gasteiger partial charge in [-0.05, 0) is 36.6 Å². The van der Waals surface area contributed by atoms with Crippen molar-refractivity contribution >= 4 is 5.69 Å². The fourth-order valence-corrected chi connectivity index (χ4v) is 2.29. The first kappa shape index (κ1) is 15.1. The summed E-state index contributed by atoms with van der Waals surface area (Å²) < 4.78 is 13.4. The summed E-state index contributed by atoms with van der Waals surface area (Å²) in [6, 6.07) is 11.7. The minimum absolute atomic E-state index is 0.0773. The van der Waals surface area contributed by atoms with Gasteiger partial charge < -0.3 is 5.32 Å². The van der Waals surface area contributed by atoms with E-state index in [1.54, 1.807) is 0 Å². The summed E-state index contributed by atoms with van der Waals surface area (Å²) in [4.78, 5) is 10.1. The second kappa shape index (κ2) is 6.45. The number of nitro groups is 1. The predicted octanol–water partition coefficient (Wildman–Crippen LogP) is 3.89. The van der Waals surface area contributed by atoms with Crippen LogP contribution in [0.1, 0.15) is 29.7 Å². The second-order valence-corrected chi connectivity index (χ2v) is 5.03. The monoisotopic (exact) mass is 288 g/mol. The standard InChI is InChI=1S/C16H17FN2O2/c1-11-5-3-4-6-16(11)12(2)18-10-13-7-14(17)9-15(8-13)19(20)21/h3-9,12,18H,10H2,1-2H3/t12-/m0/s1. The van der Waals surface area contributed by atoms with E-state index in [0.717, 1.165) is 11.6 Å². The normalized spacial score (nSPS) is 12.1. The molecule has 0 aliphatic rings. The Morgan fingerprint density at radius 1 is 1.29 bits per heavy atom. The van der Waals surface area contributed by atoms with Gasteiger partial charge in [0.2, 0.25) is 0 Å². The maximum atomic E-state index is 13.4. The quantitative estimate of drug-likeness (QED) is 0.670. The minimum atomic E-state index is -0.593. The van der Waals surface area contributed by atoms with Gasteiger partial charge in [-0.1, -0.05) is 24.3 Å². The molecule has 0 heterocycles. The molecule has 0 saturated heterocycles. The lowest BCUT2D eigenvalue weighted by molar-refractivity contribution is -0.385. The van der Waals surface area contributed by atoms with Crippen molar-refractivity contribution in [2.75, 3.05) is 0 Å². The maximum Gasteiger partial charge on any atom is 0.272 e. The third kappa shape index (κ3) is 3.86. The van der Waals surface area contributed by atoms with E-state index in [-0.39, 0.29) is 11.7 Å². The van der Waals surface area contributed by atoms with Gasteiger partial charge in [-0.2, -0.15) is 0 Å². The molecule has 21 heavy (non-hydrogen) atoms. The zero-order valence-electron chi connectivity index (χ0n) is 12.0. The highest BCUT2D eigenvalue weighted by Crippen LogP contribution is 2.19. The number of hydrogen-bond donors (Lipinski definition) is 1. The van der Waals surface area contributed by atoms with Gasteiger partial charge in [0.15, 0.2) is 0 Å². The van der Waals surface area contributed by atoms with E-state index in [9.17, 15) is 14.5 Å². The van der Waals surface area contributed by atoms with Gasteiger partial charge in [-0.3, -0.25) is 10.1 Å². The SMILES string of the molecule is Cc1ccccc1[C@H](C)NCc1cc(F)cc([N+](=O)[O-])c1. The fourth-order valence-electron chi connectivity index (χ4n) is 2.29. The summed E-state index contributed by atoms with van der Waals surface area (Å²) in [6.45, 7) is 4.41. The molecule has 0 spiro atoms. The van der Waals surface area contributed by atoms with Crippen molar-refractivity contribution < 1.29 is 9.31 Å². The molecule has 2 aromatic carbocycles. The first-order chi connectivity index (χ1) is 9.97. The van der Waals surface area contributed by atoms with Crippen molar-refractivity contribution in [1.82, 2.24) is 5.32 Å². The summed E-state index contributed by atoms with van der Waals surface area (Å²) in [5.41, 5.74) is 2.66. The first-order valence-corrected chi connectivity index (χ1v) is 6.70. The highest BCUT2D eigenvalue weighted by Gasteiger charge is 2.11. The van der Waals surface area contributed by atoms with E-state index in [0.29, 0.717) is 12.1 Å². The van der Waals surface area contributed by atoms with E-state index in [1.807, 2.05) is 38.1 Å². The summed E-state index contributed by atoms with van der Waals surface area (Å²) in [5.74, 6) is -0.593. The molecular formula is C16H17FN2O2. The largest absolute Gasteiger partial charge is 0.306 e. The van der Waals surface area contributed by atoms with E-state index < -0.39 is 10.7 Å². The summed E-state index contributed by atoms with van der Waals surface area (Å²) in [5, 5.41) is 14.0. The lowest BCUT2D eigenvalue weighted by Crippen LogP contribution is -2.19. The third-order valence-corrected chi connectivity index (χ3v) is 3.42. The van der Waals surface area contributed by atoms with Crippen LogP contribution < -0.4 is 5.32 Å². The Morgan fingerprint density at radius 3 is 2.67 bits per heavy atom. The lowest BCUT2D eigenvalue weighted by atomic mass is 10.0. The van der Waals surface area contributed by atoms with Crippen LogP contribution in [-0.2, 0) is 6.54 Å². The van der Waals surface area contributed by atoms with Crippen LogP contribution in [0, 0.1) is 22.9 Å². The number of benzene rings is 2. The first-order valence-electron chi connectivity index (χ1n) is 6.70. The van der Waals surface area contributed by atoms with Crippen LogP contribution in [0.15, 0.2) is 42.5 Å². The summed E-state index contributed by atoms with van der Waals surface area (Å²) >= 11 is 0. The van der Waals surface area contributed by atoms with E-state index in [4.69, 9.17) is 0 Å². The van der Waals surface area contributed by atoms with Crippen LogP contribution in [0.5, 0.6) is 0 Å². The minimum Gasteiger partial charge on any atom is -0.306 e. The maximum absolute atomic E-state index is 13.4. The fraction of sp³-hybridized carbons (Fsp3) is 0.250. The van der Waals surface area contributed by atoms with Crippen LogP contribution in [0.25, 0.3) is 0 Å². The van der Waals surface area contributed by atoms with Crippen LogP contribution in [0.3, 0.4) is 0 Å². The van der Waals surface area contributed by atoms with Gasteiger partial charge in [-0.15, -0.1) is 0 Å². The molecule has 0 aliphatic carbocycles. The van der Waals surface area contributed by atoms with Gasteiger partial charge in [0, 0.05) is 18.7 Å². The molecule has 0 radical (unpaired) electrons. The van der Waals surface area contributed by atoms with Gasteiger partial charge in [0.05, 0.1) is 11.0 Å². The van der Waals surface area contributed by atoms with Crippen LogP contribution in [-0.4, -0.2) is 4.92 Å². The van der Waals surface area contributed by atoms with Crippen molar-refractivity contribution in [3.63, 3.8) is 0 Å². The number of non-ortho nitro benzene ring substituents is 1. The van der Waals surface area contributed by atoms with Crippen molar-refractivity contribution in [3.8, 4) is 0 Å². The lowest BCUT2D eigenvalue weighted by Gasteiger charge is -2.16. The number of nitrogens with one attached hydrogen (secondary N) is 1. The molecular weight excluding hydrogens is 271 g/mol. The molecule has 2 rings (SSSR count). The molecule has 0 aliphatic heterocycles. The number of nitro benzene ring substituents is 1. The van der Waals surface area contributed by atoms with Crippen molar-refractivity contribution in [2.24, 2.45) is 0 Å². The molecule has 5 heteroatoms. The Balaban J connectivity index is 2.09. The molecule has 0 bridgehead atoms. The number of rotatable bonds is 5. The zero-order valence-corrected chi connectivity index (χ0v) is 12.0. The van der Waals surface area contributed by atoms with Gasteiger partial charge in [0.1, 0.15) is 5.82 Å². The van der Waals surface area contributed by atoms with Gasteiger partial charge >= 0.3 is 0 Å². The average Bonchev–Trinajstić information content (AvgIpc) is 2.44. The zero-order chi connectivity index (χ0) is 15.4. The smallest absolute Gasteiger partial charge is 0.272 e. The molecule has 0 fully saturated rings. The third-order valence-electron chi connectivity index (χ3n) is 3.42. The molecule has 0 saturated carbocycles. The number of nitrogens with zero attached hydrogens (tertiary/aromatic N) is 1. The summed E-state index contributed by atoms with van der Waals surface area (Å²) in [6.07, 6.45) is 0. The Morgan fingerprint density at radius 2 is 2.00 bits per heavy atom. The van der Waals surface area contributed by atoms with Crippen molar-refractivity contribution in [2.45, 2.75) is 26.4 Å². The molecule has 0 amide bonds. The van der Waals surface area contributed by atoms with E-state index in [1.165, 1.54) is 17.7 Å². The Kier molecular flexibility index (Phi) is 4.65. The predicted molar refractivity (Wildman–Crippen MR) is 79.5 cm³/mol. The highest BCUT2D eigenvalue weighted by atomic mass is 19.1. The topological polar surface area (TPSA) is 55.2 Å². The van der Waals surface area contributed by atoms with Crippen molar-refractivity contribution in [3.05, 3.63) is 75.1 Å². The number of hydrogen-bond acceptors (Lipinski definition) is 3. The van der Waals surface area contributed by atoms with Gasteiger partial charge in [0.25, 0.3) is 5.69 Å². The second-order valence-electron chi connectivity index (χ2n) is 5.03. The Labute approximate surface area is 122 Å². The van der Waals surface area contributed by atoms with Gasteiger partial charge in [-0.25, -0.2) is 4.39 Å². The molecule has 1 N–H and O–H groups in total. The Hall–Kier alpha value is -2.27. The molecule has 2 aromatic rings. The number of aryl methyl sites for hydroxylation is 1. The average molecular weight is 288 g/mol. The summed E-state index contributed by atoms with van der Waals surface area (Å²) in [7, 11) is 0. The number of halogens is 1. The molecule has 0 aromatic heterocycles. The van der Waals surface area contributed by atoms with Crippen LogP contribution in [0.4, 0.5) is 10.1 Å². The highest BCUT2D eigenvalue weighted by molar-refractivity contribution is 5.35. The molecule has 1 atom stereocenters. The molecule has 4 nitrogen and oxygen atoms in total. The van der Waals surface area contributed by atoms with E-state index >= 15 is 0 Å². The van der Waals surface area contributed by atoms with Crippen molar-refractivity contribution in [1.29, 1.82) is 0 Å². The molecule has 110 valence electrons. The van der Waals surface area contributed by atoms with Crippen LogP contribution >= 0.6 is 0 Å². The molecule has 0 unspecified atom stereocenters.